The summed E-state index contributed by atoms with van der Waals surface area (Å²) in [5.74, 6) is 0.250. The lowest BCUT2D eigenvalue weighted by atomic mass is 10.1. The SMILES string of the molecule is Nc1ccc(OCc2cccc(F)c2Cl)c2ccccc12. The summed E-state index contributed by atoms with van der Waals surface area (Å²) in [6.45, 7) is 0.199. The highest BCUT2D eigenvalue weighted by molar-refractivity contribution is 6.31. The number of fused-ring (bicyclic) bond motifs is 1. The van der Waals surface area contributed by atoms with Gasteiger partial charge < -0.3 is 10.5 Å². The molecule has 0 heterocycles. The van der Waals surface area contributed by atoms with E-state index in [9.17, 15) is 4.39 Å². The number of rotatable bonds is 3. The topological polar surface area (TPSA) is 35.2 Å². The van der Waals surface area contributed by atoms with Crippen LogP contribution in [-0.2, 0) is 6.61 Å². The zero-order valence-electron chi connectivity index (χ0n) is 11.1. The number of nitrogens with two attached hydrogens (primary N) is 1. The second kappa shape index (κ2) is 5.62. The summed E-state index contributed by atoms with van der Waals surface area (Å²) < 4.78 is 19.2. The Kier molecular flexibility index (Phi) is 3.67. The van der Waals surface area contributed by atoms with Crippen molar-refractivity contribution in [2.75, 3.05) is 5.73 Å². The quantitative estimate of drug-likeness (QED) is 0.706. The van der Waals surface area contributed by atoms with Crippen LogP contribution in [0, 0.1) is 5.82 Å². The van der Waals surface area contributed by atoms with Gasteiger partial charge in [0.25, 0.3) is 0 Å². The van der Waals surface area contributed by atoms with Crippen LogP contribution in [0.4, 0.5) is 10.1 Å². The summed E-state index contributed by atoms with van der Waals surface area (Å²) in [5, 5.41) is 1.95. The molecule has 0 spiro atoms. The fourth-order valence-corrected chi connectivity index (χ4v) is 2.42. The average Bonchev–Trinajstić information content (AvgIpc) is 2.51. The Morgan fingerprint density at radius 3 is 2.52 bits per heavy atom. The summed E-state index contributed by atoms with van der Waals surface area (Å²) in [7, 11) is 0. The average molecular weight is 302 g/mol. The van der Waals surface area contributed by atoms with Crippen molar-refractivity contribution < 1.29 is 9.13 Å². The lowest BCUT2D eigenvalue weighted by Crippen LogP contribution is -1.99. The maximum Gasteiger partial charge on any atom is 0.142 e. The Hall–Kier alpha value is -2.26. The third-order valence-corrected chi connectivity index (χ3v) is 3.76. The number of benzene rings is 3. The van der Waals surface area contributed by atoms with E-state index < -0.39 is 5.82 Å². The van der Waals surface area contributed by atoms with Crippen molar-refractivity contribution in [3.05, 3.63) is 71.0 Å². The predicted molar refractivity (Wildman–Crippen MR) is 84.1 cm³/mol. The van der Waals surface area contributed by atoms with Gasteiger partial charge >= 0.3 is 0 Å². The Labute approximate surface area is 126 Å². The molecule has 3 aromatic rings. The van der Waals surface area contributed by atoms with Crippen molar-refractivity contribution >= 4 is 28.1 Å². The van der Waals surface area contributed by atoms with Crippen LogP contribution in [0.1, 0.15) is 5.56 Å². The van der Waals surface area contributed by atoms with Gasteiger partial charge in [0, 0.05) is 22.0 Å². The molecular formula is C17H13ClFNO. The third kappa shape index (κ3) is 2.65. The minimum atomic E-state index is -0.445. The molecule has 0 saturated heterocycles. The summed E-state index contributed by atoms with van der Waals surface area (Å²) in [4.78, 5) is 0. The molecule has 0 atom stereocenters. The number of anilines is 1. The number of halogens is 2. The van der Waals surface area contributed by atoms with Gasteiger partial charge in [0.2, 0.25) is 0 Å². The number of hydrogen-bond donors (Lipinski definition) is 1. The van der Waals surface area contributed by atoms with E-state index in [1.54, 1.807) is 18.2 Å². The molecule has 4 heteroatoms. The maximum absolute atomic E-state index is 13.4. The molecule has 2 N–H and O–H groups in total. The molecule has 0 amide bonds. The summed E-state index contributed by atoms with van der Waals surface area (Å²) >= 11 is 5.93. The summed E-state index contributed by atoms with van der Waals surface area (Å²) in [5.41, 5.74) is 7.26. The van der Waals surface area contributed by atoms with Crippen molar-refractivity contribution in [3.8, 4) is 5.75 Å². The Balaban J connectivity index is 1.92. The fourth-order valence-electron chi connectivity index (χ4n) is 2.24. The van der Waals surface area contributed by atoms with Crippen LogP contribution in [0.15, 0.2) is 54.6 Å². The highest BCUT2D eigenvalue weighted by Crippen LogP contribution is 2.31. The van der Waals surface area contributed by atoms with Crippen molar-refractivity contribution in [1.82, 2.24) is 0 Å². The second-order valence-corrected chi connectivity index (χ2v) is 5.08. The van der Waals surface area contributed by atoms with Crippen molar-refractivity contribution in [1.29, 1.82) is 0 Å². The van der Waals surface area contributed by atoms with Gasteiger partial charge in [-0.1, -0.05) is 48.0 Å². The van der Waals surface area contributed by atoms with E-state index in [1.165, 1.54) is 6.07 Å². The molecule has 3 rings (SSSR count). The largest absolute Gasteiger partial charge is 0.488 e. The fraction of sp³-hybridized carbons (Fsp3) is 0.0588. The van der Waals surface area contributed by atoms with Gasteiger partial charge in [-0.3, -0.25) is 0 Å². The van der Waals surface area contributed by atoms with Gasteiger partial charge in [-0.15, -0.1) is 0 Å². The van der Waals surface area contributed by atoms with E-state index in [0.29, 0.717) is 17.0 Å². The predicted octanol–water partition coefficient (Wildman–Crippen LogP) is 4.79. The zero-order valence-corrected chi connectivity index (χ0v) is 11.9. The van der Waals surface area contributed by atoms with E-state index in [0.717, 1.165) is 10.8 Å². The van der Waals surface area contributed by atoms with Crippen LogP contribution in [0.25, 0.3) is 10.8 Å². The molecule has 106 valence electrons. The Morgan fingerprint density at radius 2 is 1.71 bits per heavy atom. The van der Waals surface area contributed by atoms with Crippen molar-refractivity contribution in [2.24, 2.45) is 0 Å². The highest BCUT2D eigenvalue weighted by Gasteiger charge is 2.08. The van der Waals surface area contributed by atoms with Gasteiger partial charge in [0.05, 0.1) is 5.02 Å². The first kappa shape index (κ1) is 13.7. The molecule has 0 unspecified atom stereocenters. The molecule has 2 nitrogen and oxygen atoms in total. The second-order valence-electron chi connectivity index (χ2n) is 4.70. The molecule has 0 radical (unpaired) electrons. The smallest absolute Gasteiger partial charge is 0.142 e. The molecule has 0 aliphatic rings. The van der Waals surface area contributed by atoms with E-state index >= 15 is 0 Å². The minimum Gasteiger partial charge on any atom is -0.488 e. The van der Waals surface area contributed by atoms with Gasteiger partial charge in [-0.25, -0.2) is 4.39 Å². The molecule has 0 saturated carbocycles. The molecule has 3 aromatic carbocycles. The number of nitrogen functional groups attached to an aromatic ring is 1. The first-order valence-corrected chi connectivity index (χ1v) is 6.87. The molecular weight excluding hydrogens is 289 g/mol. The van der Waals surface area contributed by atoms with Crippen LogP contribution < -0.4 is 10.5 Å². The molecule has 0 fully saturated rings. The van der Waals surface area contributed by atoms with Crippen molar-refractivity contribution in [3.63, 3.8) is 0 Å². The minimum absolute atomic E-state index is 0.0947. The molecule has 0 aliphatic carbocycles. The van der Waals surface area contributed by atoms with E-state index in [2.05, 4.69) is 0 Å². The van der Waals surface area contributed by atoms with Crippen LogP contribution in [-0.4, -0.2) is 0 Å². The van der Waals surface area contributed by atoms with E-state index in [1.807, 2.05) is 30.3 Å². The molecule has 0 bridgehead atoms. The highest BCUT2D eigenvalue weighted by atomic mass is 35.5. The lowest BCUT2D eigenvalue weighted by molar-refractivity contribution is 0.309. The van der Waals surface area contributed by atoms with Gasteiger partial charge in [-0.05, 0) is 18.2 Å². The van der Waals surface area contributed by atoms with Gasteiger partial charge in [-0.2, -0.15) is 0 Å². The van der Waals surface area contributed by atoms with Crippen molar-refractivity contribution in [2.45, 2.75) is 6.61 Å². The zero-order chi connectivity index (χ0) is 14.8. The van der Waals surface area contributed by atoms with Crippen LogP contribution in [0.2, 0.25) is 5.02 Å². The van der Waals surface area contributed by atoms with Crippen LogP contribution >= 0.6 is 11.6 Å². The van der Waals surface area contributed by atoms with Crippen LogP contribution in [0.3, 0.4) is 0 Å². The van der Waals surface area contributed by atoms with Crippen LogP contribution in [0.5, 0.6) is 5.75 Å². The molecule has 0 aliphatic heterocycles. The van der Waals surface area contributed by atoms with E-state index in [-0.39, 0.29) is 11.6 Å². The molecule has 21 heavy (non-hydrogen) atoms. The third-order valence-electron chi connectivity index (χ3n) is 3.33. The van der Waals surface area contributed by atoms with Gasteiger partial charge in [0.15, 0.2) is 0 Å². The summed E-state index contributed by atoms with van der Waals surface area (Å²) in [6.07, 6.45) is 0. The van der Waals surface area contributed by atoms with Gasteiger partial charge in [0.1, 0.15) is 18.2 Å². The maximum atomic E-state index is 13.4. The lowest BCUT2D eigenvalue weighted by Gasteiger charge is -2.12. The first-order valence-electron chi connectivity index (χ1n) is 6.50. The number of ether oxygens (including phenoxy) is 1. The Bertz CT molecular complexity index is 804. The van der Waals surface area contributed by atoms with E-state index in [4.69, 9.17) is 22.1 Å². The monoisotopic (exact) mass is 301 g/mol. The normalized spacial score (nSPS) is 10.8. The Morgan fingerprint density at radius 1 is 0.952 bits per heavy atom. The number of hydrogen-bond acceptors (Lipinski definition) is 2. The standard InChI is InChI=1S/C17H13ClFNO/c18-17-11(4-3-7-14(17)19)10-21-16-9-8-15(20)12-5-1-2-6-13(12)16/h1-9H,10,20H2. The first-order chi connectivity index (χ1) is 10.2. The molecule has 0 aromatic heterocycles. The summed E-state index contributed by atoms with van der Waals surface area (Å²) in [6, 6.07) is 16.0.